The molecule has 1 aliphatic rings. The molecule has 0 aliphatic carbocycles. The van der Waals surface area contributed by atoms with Gasteiger partial charge in [-0.3, -0.25) is 9.69 Å². The van der Waals surface area contributed by atoms with E-state index in [0.29, 0.717) is 12.6 Å². The van der Waals surface area contributed by atoms with Gasteiger partial charge < -0.3 is 0 Å². The summed E-state index contributed by atoms with van der Waals surface area (Å²) in [7, 11) is 0. The summed E-state index contributed by atoms with van der Waals surface area (Å²) in [5.74, 6) is 0.255. The molecule has 1 unspecified atom stereocenters. The SMILES string of the molecule is CCC1CCCN1CC(=O)c1ccc(C)cc1. The number of carbonyl (C=O) groups is 1. The van der Waals surface area contributed by atoms with E-state index in [4.69, 9.17) is 0 Å². The Balaban J connectivity index is 1.99. The van der Waals surface area contributed by atoms with Crippen LogP contribution in [0.15, 0.2) is 24.3 Å². The van der Waals surface area contributed by atoms with Crippen LogP contribution in [0.3, 0.4) is 0 Å². The molecule has 2 nitrogen and oxygen atoms in total. The van der Waals surface area contributed by atoms with Gasteiger partial charge >= 0.3 is 0 Å². The molecular formula is C15H21NO. The van der Waals surface area contributed by atoms with Crippen molar-refractivity contribution in [3.05, 3.63) is 35.4 Å². The van der Waals surface area contributed by atoms with Crippen LogP contribution < -0.4 is 0 Å². The molecule has 1 saturated heterocycles. The van der Waals surface area contributed by atoms with E-state index >= 15 is 0 Å². The average Bonchev–Trinajstić information content (AvgIpc) is 2.77. The Bertz CT molecular complexity index is 382. The molecule has 1 fully saturated rings. The highest BCUT2D eigenvalue weighted by Gasteiger charge is 2.24. The number of rotatable bonds is 4. The highest BCUT2D eigenvalue weighted by Crippen LogP contribution is 2.20. The summed E-state index contributed by atoms with van der Waals surface area (Å²) in [5, 5.41) is 0. The van der Waals surface area contributed by atoms with Crippen LogP contribution in [0.5, 0.6) is 0 Å². The van der Waals surface area contributed by atoms with Crippen LogP contribution in [-0.2, 0) is 0 Å². The number of aryl methyl sites for hydroxylation is 1. The van der Waals surface area contributed by atoms with E-state index in [1.165, 1.54) is 18.4 Å². The molecule has 0 amide bonds. The van der Waals surface area contributed by atoms with Crippen LogP contribution >= 0.6 is 0 Å². The van der Waals surface area contributed by atoms with E-state index in [1.54, 1.807) is 0 Å². The third-order valence-corrected chi connectivity index (χ3v) is 3.69. The summed E-state index contributed by atoms with van der Waals surface area (Å²) in [6.45, 7) is 5.92. The minimum Gasteiger partial charge on any atom is -0.293 e. The molecule has 0 N–H and O–H groups in total. The number of ketones is 1. The third kappa shape index (κ3) is 2.95. The van der Waals surface area contributed by atoms with E-state index in [0.717, 1.165) is 18.5 Å². The smallest absolute Gasteiger partial charge is 0.176 e. The van der Waals surface area contributed by atoms with Gasteiger partial charge in [-0.1, -0.05) is 36.8 Å². The largest absolute Gasteiger partial charge is 0.293 e. The lowest BCUT2D eigenvalue weighted by molar-refractivity contribution is 0.0920. The Kier molecular flexibility index (Phi) is 3.95. The number of carbonyl (C=O) groups excluding carboxylic acids is 1. The Labute approximate surface area is 104 Å². The molecule has 0 aromatic heterocycles. The highest BCUT2D eigenvalue weighted by molar-refractivity contribution is 5.97. The average molecular weight is 231 g/mol. The van der Waals surface area contributed by atoms with Crippen molar-refractivity contribution in [1.29, 1.82) is 0 Å². The van der Waals surface area contributed by atoms with Gasteiger partial charge in [-0.2, -0.15) is 0 Å². The van der Waals surface area contributed by atoms with Crippen molar-refractivity contribution < 1.29 is 4.79 Å². The number of hydrogen-bond donors (Lipinski definition) is 0. The van der Waals surface area contributed by atoms with E-state index in [2.05, 4.69) is 11.8 Å². The number of hydrogen-bond acceptors (Lipinski definition) is 2. The minimum atomic E-state index is 0.255. The second kappa shape index (κ2) is 5.46. The molecule has 0 saturated carbocycles. The zero-order valence-corrected chi connectivity index (χ0v) is 10.8. The fourth-order valence-electron chi connectivity index (χ4n) is 2.58. The predicted octanol–water partition coefficient (Wildman–Crippen LogP) is 3.05. The van der Waals surface area contributed by atoms with Crippen LogP contribution in [-0.4, -0.2) is 29.8 Å². The van der Waals surface area contributed by atoms with Crippen molar-refractivity contribution >= 4 is 5.78 Å². The molecule has 0 bridgehead atoms. The van der Waals surface area contributed by atoms with Gasteiger partial charge in [-0.15, -0.1) is 0 Å². The molecule has 2 rings (SSSR count). The Hall–Kier alpha value is -1.15. The summed E-state index contributed by atoms with van der Waals surface area (Å²) in [5.41, 5.74) is 2.05. The van der Waals surface area contributed by atoms with Crippen LogP contribution in [0.1, 0.15) is 42.1 Å². The molecule has 1 aromatic carbocycles. The van der Waals surface area contributed by atoms with Gasteiger partial charge in [0, 0.05) is 11.6 Å². The maximum atomic E-state index is 12.1. The monoisotopic (exact) mass is 231 g/mol. The van der Waals surface area contributed by atoms with Crippen molar-refractivity contribution in [2.75, 3.05) is 13.1 Å². The van der Waals surface area contributed by atoms with Crippen molar-refractivity contribution in [3.8, 4) is 0 Å². The maximum Gasteiger partial charge on any atom is 0.176 e. The summed E-state index contributed by atoms with van der Waals surface area (Å²) >= 11 is 0. The zero-order chi connectivity index (χ0) is 12.3. The van der Waals surface area contributed by atoms with Crippen molar-refractivity contribution in [3.63, 3.8) is 0 Å². The van der Waals surface area contributed by atoms with Gasteiger partial charge in [0.1, 0.15) is 0 Å². The summed E-state index contributed by atoms with van der Waals surface area (Å²) < 4.78 is 0. The van der Waals surface area contributed by atoms with Crippen molar-refractivity contribution in [2.45, 2.75) is 39.2 Å². The molecule has 0 spiro atoms. The maximum absolute atomic E-state index is 12.1. The topological polar surface area (TPSA) is 20.3 Å². The first-order chi connectivity index (χ1) is 8.20. The fraction of sp³-hybridized carbons (Fsp3) is 0.533. The quantitative estimate of drug-likeness (QED) is 0.742. The Morgan fingerprint density at radius 2 is 2.06 bits per heavy atom. The third-order valence-electron chi connectivity index (χ3n) is 3.69. The predicted molar refractivity (Wildman–Crippen MR) is 70.4 cm³/mol. The second-order valence-electron chi connectivity index (χ2n) is 4.96. The molecule has 1 heterocycles. The van der Waals surface area contributed by atoms with Crippen molar-refractivity contribution in [2.24, 2.45) is 0 Å². The highest BCUT2D eigenvalue weighted by atomic mass is 16.1. The van der Waals surface area contributed by atoms with E-state index in [-0.39, 0.29) is 5.78 Å². The summed E-state index contributed by atoms with van der Waals surface area (Å²) in [4.78, 5) is 14.5. The second-order valence-corrected chi connectivity index (χ2v) is 4.96. The molecule has 1 atom stereocenters. The van der Waals surface area contributed by atoms with Crippen LogP contribution in [0.4, 0.5) is 0 Å². The minimum absolute atomic E-state index is 0.255. The number of Topliss-reactive ketones (excluding diaryl/α,β-unsaturated/α-hetero) is 1. The summed E-state index contributed by atoms with van der Waals surface area (Å²) in [6, 6.07) is 8.51. The number of benzene rings is 1. The first kappa shape index (κ1) is 12.3. The van der Waals surface area contributed by atoms with Crippen LogP contribution in [0.25, 0.3) is 0 Å². The Morgan fingerprint density at radius 1 is 1.35 bits per heavy atom. The van der Waals surface area contributed by atoms with Gasteiger partial charge in [0.2, 0.25) is 0 Å². The zero-order valence-electron chi connectivity index (χ0n) is 10.8. The molecule has 17 heavy (non-hydrogen) atoms. The van der Waals surface area contributed by atoms with E-state index in [9.17, 15) is 4.79 Å². The van der Waals surface area contributed by atoms with E-state index in [1.807, 2.05) is 31.2 Å². The fourth-order valence-corrected chi connectivity index (χ4v) is 2.58. The van der Waals surface area contributed by atoms with Crippen LogP contribution in [0, 0.1) is 6.92 Å². The first-order valence-corrected chi connectivity index (χ1v) is 6.54. The molecule has 1 aliphatic heterocycles. The van der Waals surface area contributed by atoms with Crippen molar-refractivity contribution in [1.82, 2.24) is 4.90 Å². The lowest BCUT2D eigenvalue weighted by Crippen LogP contribution is -2.33. The number of nitrogens with zero attached hydrogens (tertiary/aromatic N) is 1. The molecular weight excluding hydrogens is 210 g/mol. The van der Waals surface area contributed by atoms with Gasteiger partial charge in [-0.25, -0.2) is 0 Å². The van der Waals surface area contributed by atoms with Gasteiger partial charge in [-0.05, 0) is 32.7 Å². The standard InChI is InChI=1S/C15H21NO/c1-3-14-5-4-10-16(14)11-15(17)13-8-6-12(2)7-9-13/h6-9,14H,3-5,10-11H2,1-2H3. The van der Waals surface area contributed by atoms with Gasteiger partial charge in [0.25, 0.3) is 0 Å². The van der Waals surface area contributed by atoms with Gasteiger partial charge in [0.15, 0.2) is 5.78 Å². The molecule has 1 aromatic rings. The molecule has 0 radical (unpaired) electrons. The lowest BCUT2D eigenvalue weighted by Gasteiger charge is -2.22. The normalized spacial score (nSPS) is 20.7. The number of likely N-dealkylation sites (tertiary alicyclic amines) is 1. The lowest BCUT2D eigenvalue weighted by atomic mass is 10.1. The first-order valence-electron chi connectivity index (χ1n) is 6.54. The van der Waals surface area contributed by atoms with Crippen LogP contribution in [0.2, 0.25) is 0 Å². The van der Waals surface area contributed by atoms with Gasteiger partial charge in [0.05, 0.1) is 6.54 Å². The summed E-state index contributed by atoms with van der Waals surface area (Å²) in [6.07, 6.45) is 3.64. The Morgan fingerprint density at radius 3 is 2.71 bits per heavy atom. The molecule has 92 valence electrons. The van der Waals surface area contributed by atoms with E-state index < -0.39 is 0 Å². The molecule has 2 heteroatoms.